The lowest BCUT2D eigenvalue weighted by molar-refractivity contribution is -0.131. The molecule has 5 aromatic rings. The number of thiophene rings is 1. The molecule has 1 saturated carbocycles. The zero-order valence-corrected chi connectivity index (χ0v) is 23.4. The minimum absolute atomic E-state index is 0.0720. The van der Waals surface area contributed by atoms with Crippen LogP contribution in [0.15, 0.2) is 79.0 Å². The van der Waals surface area contributed by atoms with E-state index in [0.717, 1.165) is 16.5 Å². The fourth-order valence-electron chi connectivity index (χ4n) is 4.69. The first-order valence-electron chi connectivity index (χ1n) is 13.2. The predicted molar refractivity (Wildman–Crippen MR) is 159 cm³/mol. The molecule has 0 radical (unpaired) electrons. The number of hydrogen-bond acceptors (Lipinski definition) is 6. The number of aromatic carboxylic acids is 1. The van der Waals surface area contributed by atoms with Crippen molar-refractivity contribution in [2.45, 2.75) is 19.8 Å². The third-order valence-corrected chi connectivity index (χ3v) is 8.44. The second-order valence-corrected chi connectivity index (χ2v) is 11.3. The van der Waals surface area contributed by atoms with Crippen molar-refractivity contribution in [3.8, 4) is 21.9 Å². The Morgan fingerprint density at radius 2 is 1.58 bits per heavy atom. The van der Waals surface area contributed by atoms with Gasteiger partial charge >= 0.3 is 5.97 Å². The van der Waals surface area contributed by atoms with E-state index in [0.29, 0.717) is 40.1 Å². The number of carboxylic acid groups (broad SMARTS) is 1. The number of rotatable bonds is 8. The van der Waals surface area contributed by atoms with Crippen molar-refractivity contribution >= 4 is 50.7 Å². The van der Waals surface area contributed by atoms with E-state index >= 15 is 4.39 Å². The maximum absolute atomic E-state index is 15.1. The van der Waals surface area contributed by atoms with Crippen molar-refractivity contribution in [1.29, 1.82) is 0 Å². The molecule has 2 amide bonds. The lowest BCUT2D eigenvalue weighted by atomic mass is 10.0. The van der Waals surface area contributed by atoms with Gasteiger partial charge in [-0.25, -0.2) is 13.6 Å². The zero-order chi connectivity index (χ0) is 30.3. The first-order valence-corrected chi connectivity index (χ1v) is 14.0. The third kappa shape index (κ3) is 5.54. The van der Waals surface area contributed by atoms with Crippen molar-refractivity contribution in [3.63, 3.8) is 0 Å². The highest BCUT2D eigenvalue weighted by atomic mass is 32.1. The summed E-state index contributed by atoms with van der Waals surface area (Å²) in [6.45, 7) is 1.73. The van der Waals surface area contributed by atoms with Crippen LogP contribution in [0.5, 0.6) is 11.5 Å². The molecule has 2 aromatic heterocycles. The molecule has 1 aliphatic carbocycles. The van der Waals surface area contributed by atoms with Gasteiger partial charge in [-0.3, -0.25) is 14.6 Å². The van der Waals surface area contributed by atoms with Gasteiger partial charge in [0, 0.05) is 34.6 Å². The Hall–Kier alpha value is -5.16. The van der Waals surface area contributed by atoms with Crippen molar-refractivity contribution in [2.75, 3.05) is 10.6 Å². The standard InChI is InChI=1S/C32H23F2N3O5S/c1-17-14-18(2-8-22(17)29(38)39)27-16-24-28(43-27)26(10-13-35-24)42-25-9-7-21(15-23(25)34)37-31(41)32(11-12-32)30(40)36-20-5-3-19(33)4-6-20/h2-10,13-16H,11-12H2,1H3,(H,36,40)(H,37,41)(H,38,39). The number of ether oxygens (including phenoxy) is 1. The fourth-order valence-corrected chi connectivity index (χ4v) is 5.75. The Morgan fingerprint density at radius 3 is 2.23 bits per heavy atom. The van der Waals surface area contributed by atoms with Gasteiger partial charge in [0.25, 0.3) is 0 Å². The molecule has 0 saturated heterocycles. The molecule has 11 heteroatoms. The number of amides is 2. The van der Waals surface area contributed by atoms with Crippen molar-refractivity contribution < 1.29 is 33.0 Å². The molecule has 8 nitrogen and oxygen atoms in total. The van der Waals surface area contributed by atoms with Crippen LogP contribution in [0.4, 0.5) is 20.2 Å². The maximum Gasteiger partial charge on any atom is 0.335 e. The summed E-state index contributed by atoms with van der Waals surface area (Å²) < 4.78 is 34.9. The van der Waals surface area contributed by atoms with Crippen LogP contribution in [0.3, 0.4) is 0 Å². The van der Waals surface area contributed by atoms with Crippen molar-refractivity contribution in [3.05, 3.63) is 102 Å². The van der Waals surface area contributed by atoms with Crippen LogP contribution in [-0.2, 0) is 9.59 Å². The second-order valence-electron chi connectivity index (χ2n) is 10.2. The molecule has 2 heterocycles. The Bertz CT molecular complexity index is 1920. The van der Waals surface area contributed by atoms with Gasteiger partial charge < -0.3 is 20.5 Å². The largest absolute Gasteiger partial charge is 0.478 e. The molecule has 0 atom stereocenters. The van der Waals surface area contributed by atoms with Gasteiger partial charge in [-0.15, -0.1) is 11.3 Å². The molecule has 0 aliphatic heterocycles. The van der Waals surface area contributed by atoms with E-state index in [-0.39, 0.29) is 17.0 Å². The van der Waals surface area contributed by atoms with Crippen LogP contribution in [0.2, 0.25) is 0 Å². The van der Waals surface area contributed by atoms with Crippen molar-refractivity contribution in [1.82, 2.24) is 4.98 Å². The van der Waals surface area contributed by atoms with E-state index in [1.54, 1.807) is 37.4 Å². The summed E-state index contributed by atoms with van der Waals surface area (Å²) in [5.74, 6) is -2.93. The summed E-state index contributed by atoms with van der Waals surface area (Å²) in [4.78, 5) is 42.4. The van der Waals surface area contributed by atoms with Crippen LogP contribution in [0.1, 0.15) is 28.8 Å². The Morgan fingerprint density at radius 1 is 0.884 bits per heavy atom. The topological polar surface area (TPSA) is 118 Å². The van der Waals surface area contributed by atoms with Gasteiger partial charge in [0.1, 0.15) is 17.0 Å². The fraction of sp³-hybridized carbons (Fsp3) is 0.125. The molecule has 3 N–H and O–H groups in total. The highest BCUT2D eigenvalue weighted by Gasteiger charge is 2.56. The molecule has 43 heavy (non-hydrogen) atoms. The molecule has 216 valence electrons. The van der Waals surface area contributed by atoms with Crippen LogP contribution < -0.4 is 15.4 Å². The summed E-state index contributed by atoms with van der Waals surface area (Å²) in [7, 11) is 0. The van der Waals surface area contributed by atoms with Gasteiger partial charge in [-0.1, -0.05) is 6.07 Å². The normalized spacial score (nSPS) is 13.4. The number of halogens is 2. The summed E-state index contributed by atoms with van der Waals surface area (Å²) in [5.41, 5.74) is 1.55. The molecule has 0 bridgehead atoms. The van der Waals surface area contributed by atoms with Crippen LogP contribution in [-0.4, -0.2) is 27.9 Å². The first kappa shape index (κ1) is 28.0. The first-order chi connectivity index (χ1) is 20.6. The maximum atomic E-state index is 15.1. The van der Waals surface area contributed by atoms with E-state index in [9.17, 15) is 23.9 Å². The SMILES string of the molecule is Cc1cc(-c2cc3nccc(Oc4ccc(NC(=O)C5(C(=O)Nc6ccc(F)cc6)CC5)cc4F)c3s2)ccc1C(=O)O. The summed E-state index contributed by atoms with van der Waals surface area (Å²) in [6, 6.07) is 17.8. The highest BCUT2D eigenvalue weighted by Crippen LogP contribution is 2.48. The zero-order valence-electron chi connectivity index (χ0n) is 22.6. The van der Waals surface area contributed by atoms with Crippen molar-refractivity contribution in [2.24, 2.45) is 5.41 Å². The number of carboxylic acids is 1. The van der Waals surface area contributed by atoms with Gasteiger partial charge in [0.2, 0.25) is 11.8 Å². The second kappa shape index (κ2) is 10.9. The Kier molecular flexibility index (Phi) is 7.10. The molecule has 1 aliphatic rings. The molecular formula is C32H23F2N3O5S. The number of aromatic nitrogens is 1. The summed E-state index contributed by atoms with van der Waals surface area (Å²) in [6.07, 6.45) is 2.21. The number of anilines is 2. The lowest BCUT2D eigenvalue weighted by Gasteiger charge is -2.16. The van der Waals surface area contributed by atoms with Gasteiger partial charge in [-0.05, 0) is 85.5 Å². The molecular weight excluding hydrogens is 576 g/mol. The average Bonchev–Trinajstić information content (AvgIpc) is 3.68. The number of nitrogens with zero attached hydrogens (tertiary/aromatic N) is 1. The number of benzene rings is 3. The molecule has 3 aromatic carbocycles. The minimum atomic E-state index is -1.29. The molecule has 1 fully saturated rings. The summed E-state index contributed by atoms with van der Waals surface area (Å²) >= 11 is 1.38. The Labute approximate surface area is 248 Å². The van der Waals surface area contributed by atoms with E-state index in [2.05, 4.69) is 15.6 Å². The van der Waals surface area contributed by atoms with E-state index in [1.807, 2.05) is 6.07 Å². The van der Waals surface area contributed by atoms with E-state index in [1.165, 1.54) is 47.7 Å². The third-order valence-electron chi connectivity index (χ3n) is 7.25. The van der Waals surface area contributed by atoms with E-state index < -0.39 is 34.8 Å². The number of fused-ring (bicyclic) bond motifs is 1. The highest BCUT2D eigenvalue weighted by molar-refractivity contribution is 7.22. The minimum Gasteiger partial charge on any atom is -0.478 e. The predicted octanol–water partition coefficient (Wildman–Crippen LogP) is 7.40. The average molecular weight is 600 g/mol. The summed E-state index contributed by atoms with van der Waals surface area (Å²) in [5, 5.41) is 14.6. The number of nitrogens with one attached hydrogen (secondary N) is 2. The molecule has 0 spiro atoms. The number of carbonyl (C=O) groups is 3. The quantitative estimate of drug-likeness (QED) is 0.160. The number of aryl methyl sites for hydroxylation is 1. The Balaban J connectivity index is 1.17. The monoisotopic (exact) mass is 599 g/mol. The van der Waals surface area contributed by atoms with E-state index in [4.69, 9.17) is 4.74 Å². The van der Waals surface area contributed by atoms with Crippen LogP contribution in [0.25, 0.3) is 20.7 Å². The van der Waals surface area contributed by atoms with Gasteiger partial charge in [-0.2, -0.15) is 0 Å². The van der Waals surface area contributed by atoms with Crippen LogP contribution in [0, 0.1) is 24.0 Å². The smallest absolute Gasteiger partial charge is 0.335 e. The van der Waals surface area contributed by atoms with Gasteiger partial charge in [0.05, 0.1) is 15.8 Å². The van der Waals surface area contributed by atoms with Gasteiger partial charge in [0.15, 0.2) is 11.6 Å². The number of pyridine rings is 1. The molecule has 6 rings (SSSR count). The lowest BCUT2D eigenvalue weighted by Crippen LogP contribution is -2.35. The molecule has 0 unspecified atom stereocenters. The number of carbonyl (C=O) groups excluding carboxylic acids is 2. The number of hydrogen-bond donors (Lipinski definition) is 3. The van der Waals surface area contributed by atoms with Crippen LogP contribution >= 0.6 is 11.3 Å².